The minimum Gasteiger partial charge on any atom is -0.463 e. The summed E-state index contributed by atoms with van der Waals surface area (Å²) in [7, 11) is 1.68. The van der Waals surface area contributed by atoms with Gasteiger partial charge >= 0.3 is 5.69 Å². The second-order valence-electron chi connectivity index (χ2n) is 5.29. The number of furan rings is 1. The fraction of sp³-hybridized carbons (Fsp3) is 0.176. The van der Waals surface area contributed by atoms with E-state index in [1.54, 1.807) is 31.6 Å². The second kappa shape index (κ2) is 6.91. The number of carbonyl (C=O) groups is 1. The van der Waals surface area contributed by atoms with Crippen LogP contribution < -0.4 is 5.69 Å². The molecule has 3 aromatic rings. The zero-order chi connectivity index (χ0) is 16.9. The average molecular weight is 324 g/mol. The molecule has 0 fully saturated rings. The van der Waals surface area contributed by atoms with E-state index in [2.05, 4.69) is 15.0 Å². The molecule has 0 aromatic carbocycles. The molecule has 0 atom stereocenters. The third-order valence-corrected chi connectivity index (χ3v) is 3.58. The summed E-state index contributed by atoms with van der Waals surface area (Å²) in [6, 6.07) is 8.73. The quantitative estimate of drug-likeness (QED) is 0.772. The number of amides is 1. The highest BCUT2D eigenvalue weighted by molar-refractivity contribution is 5.92. The van der Waals surface area contributed by atoms with Gasteiger partial charge in [-0.15, -0.1) is 0 Å². The van der Waals surface area contributed by atoms with Gasteiger partial charge in [-0.3, -0.25) is 9.78 Å². The maximum atomic E-state index is 12.5. The van der Waals surface area contributed by atoms with Gasteiger partial charge in [-0.1, -0.05) is 0 Å². The van der Waals surface area contributed by atoms with Crippen LogP contribution in [0, 0.1) is 0 Å². The Bertz CT molecular complexity index is 872. The van der Waals surface area contributed by atoms with Crippen LogP contribution in [0.3, 0.4) is 0 Å². The van der Waals surface area contributed by atoms with Gasteiger partial charge in [0.1, 0.15) is 11.5 Å². The van der Waals surface area contributed by atoms with Crippen molar-refractivity contribution < 1.29 is 9.21 Å². The van der Waals surface area contributed by atoms with Gasteiger partial charge in [-0.25, -0.2) is 4.79 Å². The molecule has 1 N–H and O–H groups in total. The van der Waals surface area contributed by atoms with Crippen LogP contribution in [0.2, 0.25) is 0 Å². The van der Waals surface area contributed by atoms with E-state index < -0.39 is 5.69 Å². The predicted molar refractivity (Wildman–Crippen MR) is 87.5 cm³/mol. The van der Waals surface area contributed by atoms with Crippen LogP contribution in [-0.4, -0.2) is 39.4 Å². The lowest BCUT2D eigenvalue weighted by Gasteiger charge is -2.16. The number of rotatable bonds is 5. The van der Waals surface area contributed by atoms with Crippen molar-refractivity contribution in [3.63, 3.8) is 0 Å². The van der Waals surface area contributed by atoms with Crippen molar-refractivity contribution >= 4 is 5.91 Å². The summed E-state index contributed by atoms with van der Waals surface area (Å²) in [6.45, 7) is 0.507. The third kappa shape index (κ3) is 3.57. The molecule has 0 radical (unpaired) electrons. The molecule has 24 heavy (non-hydrogen) atoms. The number of pyridine rings is 1. The molecule has 0 saturated heterocycles. The molecule has 122 valence electrons. The number of likely N-dealkylation sites (N-methyl/N-ethyl adjacent to an activating group) is 1. The number of hydrogen-bond acceptors (Lipinski definition) is 5. The molecule has 0 aliphatic rings. The molecular weight excluding hydrogens is 308 g/mol. The Morgan fingerprint density at radius 3 is 2.79 bits per heavy atom. The molecule has 0 aliphatic heterocycles. The first-order chi connectivity index (χ1) is 11.6. The van der Waals surface area contributed by atoms with Crippen LogP contribution in [-0.2, 0) is 6.42 Å². The summed E-state index contributed by atoms with van der Waals surface area (Å²) >= 11 is 0. The summed E-state index contributed by atoms with van der Waals surface area (Å²) < 4.78 is 5.25. The molecule has 7 heteroatoms. The molecule has 0 saturated carbocycles. The standard InChI is InChI=1S/C17H16N4O3/c1-21(9-6-12-4-7-18-8-5-12)16(22)14-11-13(19-17(23)20-14)15-3-2-10-24-15/h2-5,7-8,10-11H,6,9H2,1H3,(H,19,20,23). The molecular formula is C17H16N4O3. The highest BCUT2D eigenvalue weighted by Gasteiger charge is 2.16. The predicted octanol–water partition coefficient (Wildman–Crippen LogP) is 1.74. The summed E-state index contributed by atoms with van der Waals surface area (Å²) in [5.41, 5.74) is 1.00. The van der Waals surface area contributed by atoms with Gasteiger partial charge in [0.15, 0.2) is 0 Å². The van der Waals surface area contributed by atoms with E-state index in [4.69, 9.17) is 4.42 Å². The van der Waals surface area contributed by atoms with E-state index >= 15 is 0 Å². The molecule has 3 aromatic heterocycles. The Hall–Kier alpha value is -3.22. The number of aromatic nitrogens is 3. The normalized spacial score (nSPS) is 10.5. The van der Waals surface area contributed by atoms with E-state index in [-0.39, 0.29) is 11.6 Å². The van der Waals surface area contributed by atoms with Crippen LogP contribution in [0.25, 0.3) is 11.5 Å². The van der Waals surface area contributed by atoms with Gasteiger partial charge in [0.05, 0.1) is 12.0 Å². The Morgan fingerprint density at radius 2 is 2.08 bits per heavy atom. The summed E-state index contributed by atoms with van der Waals surface area (Å²) in [4.78, 5) is 36.1. The number of carbonyl (C=O) groups excluding carboxylic acids is 1. The highest BCUT2D eigenvalue weighted by atomic mass is 16.3. The Labute approximate surface area is 138 Å². The van der Waals surface area contributed by atoms with Gasteiger partial charge in [0, 0.05) is 26.0 Å². The lowest BCUT2D eigenvalue weighted by molar-refractivity contribution is 0.0790. The SMILES string of the molecule is CN(CCc1ccncc1)C(=O)c1cc(-c2ccco2)[nH]c(=O)n1. The molecule has 3 rings (SSSR count). The van der Waals surface area contributed by atoms with Crippen LogP contribution in [0.15, 0.2) is 58.2 Å². The van der Waals surface area contributed by atoms with Crippen molar-refractivity contribution in [2.24, 2.45) is 0 Å². The molecule has 0 spiro atoms. The Balaban J connectivity index is 1.75. The largest absolute Gasteiger partial charge is 0.463 e. The number of nitrogens with zero attached hydrogens (tertiary/aromatic N) is 3. The van der Waals surface area contributed by atoms with Crippen molar-refractivity contribution in [1.82, 2.24) is 19.9 Å². The minimum atomic E-state index is -0.588. The zero-order valence-electron chi connectivity index (χ0n) is 13.1. The maximum absolute atomic E-state index is 12.5. The first kappa shape index (κ1) is 15.7. The van der Waals surface area contributed by atoms with Crippen molar-refractivity contribution in [2.75, 3.05) is 13.6 Å². The van der Waals surface area contributed by atoms with Crippen molar-refractivity contribution in [3.8, 4) is 11.5 Å². The Kier molecular flexibility index (Phi) is 4.51. The van der Waals surface area contributed by atoms with E-state index in [0.717, 1.165) is 5.56 Å². The van der Waals surface area contributed by atoms with Crippen molar-refractivity contribution in [2.45, 2.75) is 6.42 Å². The molecule has 3 heterocycles. The highest BCUT2D eigenvalue weighted by Crippen LogP contribution is 2.16. The molecule has 0 unspecified atom stereocenters. The van der Waals surface area contributed by atoms with E-state index in [9.17, 15) is 9.59 Å². The van der Waals surface area contributed by atoms with Crippen LogP contribution in [0.5, 0.6) is 0 Å². The first-order valence-electron chi connectivity index (χ1n) is 7.43. The van der Waals surface area contributed by atoms with Gasteiger partial charge in [0.25, 0.3) is 5.91 Å². The van der Waals surface area contributed by atoms with E-state index in [1.807, 2.05) is 12.1 Å². The topological polar surface area (TPSA) is 92.1 Å². The fourth-order valence-corrected chi connectivity index (χ4v) is 2.28. The zero-order valence-corrected chi connectivity index (χ0v) is 13.1. The molecule has 0 aliphatic carbocycles. The van der Waals surface area contributed by atoms with Gasteiger partial charge in [-0.05, 0) is 42.3 Å². The average Bonchev–Trinajstić information content (AvgIpc) is 3.14. The maximum Gasteiger partial charge on any atom is 0.346 e. The van der Waals surface area contributed by atoms with Crippen molar-refractivity contribution in [3.05, 3.63) is 70.7 Å². The molecule has 0 bridgehead atoms. The lowest BCUT2D eigenvalue weighted by atomic mass is 10.2. The molecule has 7 nitrogen and oxygen atoms in total. The van der Waals surface area contributed by atoms with Crippen LogP contribution in [0.4, 0.5) is 0 Å². The summed E-state index contributed by atoms with van der Waals surface area (Å²) in [5.74, 6) is 0.158. The summed E-state index contributed by atoms with van der Waals surface area (Å²) in [5, 5.41) is 0. The smallest absolute Gasteiger partial charge is 0.346 e. The summed E-state index contributed by atoms with van der Waals surface area (Å²) in [6.07, 6.45) is 5.62. The Morgan fingerprint density at radius 1 is 1.29 bits per heavy atom. The third-order valence-electron chi connectivity index (χ3n) is 3.58. The lowest BCUT2D eigenvalue weighted by Crippen LogP contribution is -2.31. The minimum absolute atomic E-state index is 0.0855. The first-order valence-corrected chi connectivity index (χ1v) is 7.43. The van der Waals surface area contributed by atoms with Gasteiger partial charge in [-0.2, -0.15) is 4.98 Å². The number of nitrogens with one attached hydrogen (secondary N) is 1. The fourth-order valence-electron chi connectivity index (χ4n) is 2.28. The van der Waals surface area contributed by atoms with Gasteiger partial charge in [0.2, 0.25) is 0 Å². The number of hydrogen-bond donors (Lipinski definition) is 1. The van der Waals surface area contributed by atoms with Crippen LogP contribution in [0.1, 0.15) is 16.1 Å². The number of H-pyrrole nitrogens is 1. The molecule has 1 amide bonds. The van der Waals surface area contributed by atoms with Gasteiger partial charge < -0.3 is 14.3 Å². The monoisotopic (exact) mass is 324 g/mol. The van der Waals surface area contributed by atoms with Crippen LogP contribution >= 0.6 is 0 Å². The number of aromatic amines is 1. The van der Waals surface area contributed by atoms with Crippen molar-refractivity contribution in [1.29, 1.82) is 0 Å². The van der Waals surface area contributed by atoms with E-state index in [1.165, 1.54) is 17.2 Å². The van der Waals surface area contributed by atoms with E-state index in [0.29, 0.717) is 24.4 Å². The second-order valence-corrected chi connectivity index (χ2v) is 5.29.